The van der Waals surface area contributed by atoms with Gasteiger partial charge in [-0.15, -0.1) is 0 Å². The van der Waals surface area contributed by atoms with E-state index in [0.717, 1.165) is 23.6 Å². The van der Waals surface area contributed by atoms with Gasteiger partial charge < -0.3 is 20.1 Å². The Morgan fingerprint density at radius 3 is 2.71 bits per heavy atom. The van der Waals surface area contributed by atoms with Crippen LogP contribution in [0.15, 0.2) is 30.5 Å². The van der Waals surface area contributed by atoms with Gasteiger partial charge >= 0.3 is 0 Å². The number of ether oxygens (including phenoxy) is 1. The standard InChI is InChI=1S/C15H19N3O3/c1-3-14-16-8-12(18-14)15(20)17-9-13(19)10-4-6-11(21-2)7-5-10/h4-8,13,19H,3,9H2,1-2H3,(H,16,18)(H,17,20). The van der Waals surface area contributed by atoms with Gasteiger partial charge in [-0.2, -0.15) is 0 Å². The van der Waals surface area contributed by atoms with Gasteiger partial charge in [0.1, 0.15) is 17.3 Å². The summed E-state index contributed by atoms with van der Waals surface area (Å²) in [5, 5.41) is 12.7. The molecule has 2 rings (SSSR count). The Kier molecular flexibility index (Phi) is 4.94. The van der Waals surface area contributed by atoms with Gasteiger partial charge in [-0.1, -0.05) is 19.1 Å². The summed E-state index contributed by atoms with van der Waals surface area (Å²) in [6.07, 6.45) is 1.46. The molecule has 1 atom stereocenters. The number of amides is 1. The van der Waals surface area contributed by atoms with Crippen LogP contribution in [0.25, 0.3) is 0 Å². The number of aliphatic hydroxyl groups is 1. The van der Waals surface area contributed by atoms with Crippen molar-refractivity contribution in [1.82, 2.24) is 15.3 Å². The average molecular weight is 289 g/mol. The summed E-state index contributed by atoms with van der Waals surface area (Å²) in [4.78, 5) is 18.9. The third-order valence-corrected chi connectivity index (χ3v) is 3.16. The molecule has 0 fully saturated rings. The first-order chi connectivity index (χ1) is 10.1. The highest BCUT2D eigenvalue weighted by atomic mass is 16.5. The van der Waals surface area contributed by atoms with Crippen molar-refractivity contribution in [2.75, 3.05) is 13.7 Å². The Balaban J connectivity index is 1.90. The first kappa shape index (κ1) is 15.1. The van der Waals surface area contributed by atoms with Gasteiger partial charge in [0.25, 0.3) is 5.91 Å². The summed E-state index contributed by atoms with van der Waals surface area (Å²) in [5.41, 5.74) is 1.11. The highest BCUT2D eigenvalue weighted by Gasteiger charge is 2.12. The number of hydrogen-bond donors (Lipinski definition) is 3. The van der Waals surface area contributed by atoms with E-state index < -0.39 is 6.10 Å². The van der Waals surface area contributed by atoms with Gasteiger partial charge in [0.15, 0.2) is 0 Å². The number of aromatic amines is 1. The quantitative estimate of drug-likeness (QED) is 0.751. The molecule has 112 valence electrons. The third-order valence-electron chi connectivity index (χ3n) is 3.16. The van der Waals surface area contributed by atoms with E-state index in [1.165, 1.54) is 6.20 Å². The number of benzene rings is 1. The molecule has 0 aliphatic heterocycles. The molecule has 3 N–H and O–H groups in total. The maximum atomic E-state index is 11.9. The highest BCUT2D eigenvalue weighted by Crippen LogP contribution is 2.17. The Bertz CT molecular complexity index is 592. The zero-order valence-electron chi connectivity index (χ0n) is 12.1. The molecular formula is C15H19N3O3. The largest absolute Gasteiger partial charge is 0.497 e. The van der Waals surface area contributed by atoms with Crippen molar-refractivity contribution in [3.63, 3.8) is 0 Å². The number of carbonyl (C=O) groups excluding carboxylic acids is 1. The van der Waals surface area contributed by atoms with E-state index in [4.69, 9.17) is 4.74 Å². The van der Waals surface area contributed by atoms with Crippen LogP contribution in [0.1, 0.15) is 34.9 Å². The fraction of sp³-hybridized carbons (Fsp3) is 0.333. The number of hydrogen-bond acceptors (Lipinski definition) is 4. The minimum absolute atomic E-state index is 0.131. The van der Waals surface area contributed by atoms with Gasteiger partial charge in [-0.05, 0) is 17.7 Å². The Morgan fingerprint density at radius 2 is 2.14 bits per heavy atom. The molecular weight excluding hydrogens is 270 g/mol. The van der Waals surface area contributed by atoms with Crippen LogP contribution in [0.4, 0.5) is 0 Å². The van der Waals surface area contributed by atoms with Crippen molar-refractivity contribution in [3.8, 4) is 5.75 Å². The maximum Gasteiger partial charge on any atom is 0.269 e. The normalized spacial score (nSPS) is 12.0. The summed E-state index contributed by atoms with van der Waals surface area (Å²) in [6.45, 7) is 2.08. The Morgan fingerprint density at radius 1 is 1.43 bits per heavy atom. The van der Waals surface area contributed by atoms with Crippen molar-refractivity contribution in [2.45, 2.75) is 19.4 Å². The minimum Gasteiger partial charge on any atom is -0.497 e. The molecule has 0 radical (unpaired) electrons. The molecule has 6 nitrogen and oxygen atoms in total. The number of nitrogens with one attached hydrogen (secondary N) is 2. The van der Waals surface area contributed by atoms with Crippen molar-refractivity contribution in [1.29, 1.82) is 0 Å². The lowest BCUT2D eigenvalue weighted by Gasteiger charge is -2.12. The molecule has 2 aromatic rings. The number of methoxy groups -OCH3 is 1. The predicted molar refractivity (Wildman–Crippen MR) is 78.3 cm³/mol. The van der Waals surface area contributed by atoms with Gasteiger partial charge in [-0.25, -0.2) is 4.98 Å². The molecule has 0 aliphatic carbocycles. The minimum atomic E-state index is -0.770. The first-order valence-electron chi connectivity index (χ1n) is 6.78. The lowest BCUT2D eigenvalue weighted by molar-refractivity contribution is 0.0911. The molecule has 1 heterocycles. The van der Waals surface area contributed by atoms with E-state index in [1.54, 1.807) is 31.4 Å². The van der Waals surface area contributed by atoms with E-state index in [1.807, 2.05) is 6.92 Å². The summed E-state index contributed by atoms with van der Waals surface area (Å²) in [6, 6.07) is 7.06. The van der Waals surface area contributed by atoms with Crippen LogP contribution < -0.4 is 10.1 Å². The molecule has 0 saturated heterocycles. The van der Waals surface area contributed by atoms with Gasteiger partial charge in [-0.3, -0.25) is 4.79 Å². The molecule has 1 amide bonds. The van der Waals surface area contributed by atoms with Crippen LogP contribution in [-0.2, 0) is 6.42 Å². The molecule has 1 unspecified atom stereocenters. The predicted octanol–water partition coefficient (Wildman–Crippen LogP) is 1.44. The number of aryl methyl sites for hydroxylation is 1. The van der Waals surface area contributed by atoms with E-state index in [9.17, 15) is 9.90 Å². The number of aromatic nitrogens is 2. The summed E-state index contributed by atoms with van der Waals surface area (Å²) in [5.74, 6) is 1.20. The number of carbonyl (C=O) groups is 1. The second-order valence-corrected chi connectivity index (χ2v) is 4.60. The average Bonchev–Trinajstić information content (AvgIpc) is 3.01. The van der Waals surface area contributed by atoms with E-state index in [0.29, 0.717) is 5.69 Å². The molecule has 6 heteroatoms. The Hall–Kier alpha value is -2.34. The second kappa shape index (κ2) is 6.90. The molecule has 1 aromatic heterocycles. The molecule has 0 spiro atoms. The SMILES string of the molecule is CCc1ncc(C(=O)NCC(O)c2ccc(OC)cc2)[nH]1. The number of nitrogens with zero attached hydrogens (tertiary/aromatic N) is 1. The van der Waals surface area contributed by atoms with Crippen molar-refractivity contribution < 1.29 is 14.6 Å². The molecule has 1 aromatic carbocycles. The van der Waals surface area contributed by atoms with Gasteiger partial charge in [0.2, 0.25) is 0 Å². The second-order valence-electron chi connectivity index (χ2n) is 4.60. The van der Waals surface area contributed by atoms with Crippen molar-refractivity contribution in [3.05, 3.63) is 47.5 Å². The smallest absolute Gasteiger partial charge is 0.269 e. The molecule has 21 heavy (non-hydrogen) atoms. The van der Waals surface area contributed by atoms with Crippen LogP contribution in [0.3, 0.4) is 0 Å². The zero-order chi connectivity index (χ0) is 15.2. The van der Waals surface area contributed by atoms with Crippen LogP contribution in [0.5, 0.6) is 5.75 Å². The van der Waals surface area contributed by atoms with Crippen LogP contribution in [0, 0.1) is 0 Å². The summed E-state index contributed by atoms with van der Waals surface area (Å²) in [7, 11) is 1.58. The summed E-state index contributed by atoms with van der Waals surface area (Å²) < 4.78 is 5.06. The van der Waals surface area contributed by atoms with Crippen LogP contribution >= 0.6 is 0 Å². The number of aliphatic hydroxyl groups excluding tert-OH is 1. The van der Waals surface area contributed by atoms with E-state index >= 15 is 0 Å². The van der Waals surface area contributed by atoms with E-state index in [-0.39, 0.29) is 12.5 Å². The Labute approximate surface area is 123 Å². The zero-order valence-corrected chi connectivity index (χ0v) is 12.1. The number of H-pyrrole nitrogens is 1. The third kappa shape index (κ3) is 3.82. The van der Waals surface area contributed by atoms with Gasteiger partial charge in [0, 0.05) is 13.0 Å². The maximum absolute atomic E-state index is 11.9. The fourth-order valence-corrected chi connectivity index (χ4v) is 1.89. The lowest BCUT2D eigenvalue weighted by atomic mass is 10.1. The molecule has 0 bridgehead atoms. The number of rotatable bonds is 6. The van der Waals surface area contributed by atoms with E-state index in [2.05, 4.69) is 15.3 Å². The number of imidazole rings is 1. The topological polar surface area (TPSA) is 87.2 Å². The molecule has 0 aliphatic rings. The first-order valence-corrected chi connectivity index (χ1v) is 6.78. The van der Waals surface area contributed by atoms with Gasteiger partial charge in [0.05, 0.1) is 19.4 Å². The summed E-state index contributed by atoms with van der Waals surface area (Å²) >= 11 is 0. The van der Waals surface area contributed by atoms with Crippen LogP contribution in [-0.4, -0.2) is 34.6 Å². The monoisotopic (exact) mass is 289 g/mol. The van der Waals surface area contributed by atoms with Crippen molar-refractivity contribution >= 4 is 5.91 Å². The fourth-order valence-electron chi connectivity index (χ4n) is 1.89. The van der Waals surface area contributed by atoms with Crippen LogP contribution in [0.2, 0.25) is 0 Å². The highest BCUT2D eigenvalue weighted by molar-refractivity contribution is 5.92. The molecule has 0 saturated carbocycles. The lowest BCUT2D eigenvalue weighted by Crippen LogP contribution is -2.28. The van der Waals surface area contributed by atoms with Crippen molar-refractivity contribution in [2.24, 2.45) is 0 Å².